The summed E-state index contributed by atoms with van der Waals surface area (Å²) in [6, 6.07) is 1.69. The standard InChI is InChI=1S/C48H68N8O15/c1-24(2)20-33(54-47(69)40(25(3)4)56-42(64)31(49)16-18-37(57)58)45(67)52-34(22-30-15-11-12-26(5)27(30)6)46(68)53-35(23-39(61)62)44(66)50-28(7)41(63)51-32(17-19-38(59)60)43(65)55-36(48(70)71)21-29-13-9-8-10-14-29/h8-15,24-25,28,31-36,40H,16-23,49H2,1-7H3,(H,50,66)(H,51,63)(H,52,67)(H,53,68)(H,54,69)(H,55,65)(H,56,64)(H,57,58)(H,59,60)(H,61,62)(H,70,71)/t28-,31-,32-,33-,34-,35-,36-,40-/m0/s1. The lowest BCUT2D eigenvalue weighted by Gasteiger charge is -2.29. The van der Waals surface area contributed by atoms with Crippen molar-refractivity contribution >= 4 is 65.2 Å². The number of amides is 7. The highest BCUT2D eigenvalue weighted by atomic mass is 16.4. The predicted octanol–water partition coefficient (Wildman–Crippen LogP) is -0.180. The molecule has 0 heterocycles. The van der Waals surface area contributed by atoms with E-state index >= 15 is 0 Å². The first-order chi connectivity index (χ1) is 33.2. The van der Waals surface area contributed by atoms with E-state index in [4.69, 9.17) is 10.8 Å². The van der Waals surface area contributed by atoms with Crippen LogP contribution in [0.1, 0.15) is 95.4 Å². The van der Waals surface area contributed by atoms with Gasteiger partial charge in [-0.15, -0.1) is 0 Å². The maximum Gasteiger partial charge on any atom is 0.326 e. The van der Waals surface area contributed by atoms with Crippen molar-refractivity contribution in [2.24, 2.45) is 17.6 Å². The molecule has 8 atom stereocenters. The van der Waals surface area contributed by atoms with Crippen molar-refractivity contribution in [3.8, 4) is 0 Å². The Hall–Kier alpha value is -7.43. The summed E-state index contributed by atoms with van der Waals surface area (Å²) in [4.78, 5) is 142. The number of hydrogen-bond acceptors (Lipinski definition) is 12. The lowest BCUT2D eigenvalue weighted by molar-refractivity contribution is -0.143. The number of carboxylic acid groups (broad SMARTS) is 4. The SMILES string of the molecule is Cc1cccc(C[C@H](NC(=O)[C@H](CC(C)C)NC(=O)[C@@H](NC(=O)[C@@H](N)CCC(=O)O)C(C)C)C(=O)N[C@@H](CC(=O)O)C(=O)N[C@@H](C)C(=O)N[C@@H](CCC(=O)O)C(=O)N[C@@H](Cc2ccccc2)C(=O)O)c1C. The highest BCUT2D eigenvalue weighted by Gasteiger charge is 2.35. The molecule has 0 saturated heterocycles. The number of carbonyl (C=O) groups is 11. The maximum atomic E-state index is 14.2. The Bertz CT molecular complexity index is 2240. The van der Waals surface area contributed by atoms with Gasteiger partial charge in [0.1, 0.15) is 42.3 Å². The molecule has 7 amide bonds. The average Bonchev–Trinajstić information content (AvgIpc) is 3.28. The fourth-order valence-electron chi connectivity index (χ4n) is 7.10. The van der Waals surface area contributed by atoms with Crippen LogP contribution in [0.4, 0.5) is 0 Å². The van der Waals surface area contributed by atoms with E-state index in [1.165, 1.54) is 0 Å². The number of aryl methyl sites for hydroxylation is 1. The number of nitrogens with one attached hydrogen (secondary N) is 7. The molecule has 0 spiro atoms. The molecule has 0 aliphatic rings. The quantitative estimate of drug-likeness (QED) is 0.0483. The van der Waals surface area contributed by atoms with E-state index in [0.717, 1.165) is 18.1 Å². The van der Waals surface area contributed by atoms with Crippen LogP contribution in [0, 0.1) is 25.7 Å². The maximum absolute atomic E-state index is 14.2. The first kappa shape index (κ1) is 59.7. The zero-order valence-corrected chi connectivity index (χ0v) is 40.9. The molecule has 23 nitrogen and oxygen atoms in total. The van der Waals surface area contributed by atoms with E-state index in [0.29, 0.717) is 11.1 Å². The topological polar surface area (TPSA) is 379 Å². The fraction of sp³-hybridized carbons (Fsp3) is 0.521. The summed E-state index contributed by atoms with van der Waals surface area (Å²) in [6.45, 7) is 11.5. The molecule has 0 saturated carbocycles. The van der Waals surface area contributed by atoms with E-state index in [1.54, 1.807) is 77.1 Å². The summed E-state index contributed by atoms with van der Waals surface area (Å²) in [5.74, 6) is -13.0. The molecule has 390 valence electrons. The number of carboxylic acids is 4. The summed E-state index contributed by atoms with van der Waals surface area (Å²) >= 11 is 0. The molecule has 2 rings (SSSR count). The van der Waals surface area contributed by atoms with Crippen LogP contribution >= 0.6 is 0 Å². The van der Waals surface area contributed by atoms with Gasteiger partial charge < -0.3 is 63.4 Å². The third-order valence-corrected chi connectivity index (χ3v) is 11.3. The van der Waals surface area contributed by atoms with Crippen molar-refractivity contribution in [2.75, 3.05) is 0 Å². The molecule has 0 bridgehead atoms. The molecule has 2 aromatic carbocycles. The van der Waals surface area contributed by atoms with Gasteiger partial charge in [-0.3, -0.25) is 47.9 Å². The third kappa shape index (κ3) is 21.0. The van der Waals surface area contributed by atoms with Gasteiger partial charge in [0.25, 0.3) is 0 Å². The summed E-state index contributed by atoms with van der Waals surface area (Å²) in [6.07, 6.45) is -3.05. The van der Waals surface area contributed by atoms with Crippen molar-refractivity contribution in [2.45, 2.75) is 148 Å². The van der Waals surface area contributed by atoms with Crippen molar-refractivity contribution in [3.63, 3.8) is 0 Å². The van der Waals surface area contributed by atoms with Crippen LogP contribution in [0.15, 0.2) is 48.5 Å². The van der Waals surface area contributed by atoms with Gasteiger partial charge in [-0.05, 0) is 74.1 Å². The number of rotatable bonds is 30. The molecule has 0 unspecified atom stereocenters. The smallest absolute Gasteiger partial charge is 0.326 e. The van der Waals surface area contributed by atoms with Gasteiger partial charge in [0.05, 0.1) is 12.5 Å². The summed E-state index contributed by atoms with van der Waals surface area (Å²) in [7, 11) is 0. The van der Waals surface area contributed by atoms with E-state index in [-0.39, 0.29) is 31.6 Å². The zero-order valence-electron chi connectivity index (χ0n) is 40.9. The van der Waals surface area contributed by atoms with Crippen molar-refractivity contribution in [1.82, 2.24) is 37.2 Å². The molecule has 0 aliphatic heterocycles. The first-order valence-corrected chi connectivity index (χ1v) is 23.1. The number of hydrogen-bond donors (Lipinski definition) is 12. The molecular weight excluding hydrogens is 929 g/mol. The number of benzene rings is 2. The normalized spacial score (nSPS) is 14.5. The highest BCUT2D eigenvalue weighted by Crippen LogP contribution is 2.17. The minimum Gasteiger partial charge on any atom is -0.481 e. The highest BCUT2D eigenvalue weighted by molar-refractivity contribution is 5.98. The number of nitrogens with two attached hydrogens (primary N) is 1. The molecule has 0 radical (unpaired) electrons. The van der Waals surface area contributed by atoms with Gasteiger partial charge in [0, 0.05) is 25.7 Å². The predicted molar refractivity (Wildman–Crippen MR) is 255 cm³/mol. The van der Waals surface area contributed by atoms with Crippen molar-refractivity contribution in [1.29, 1.82) is 0 Å². The molecule has 71 heavy (non-hydrogen) atoms. The van der Waals surface area contributed by atoms with Crippen molar-refractivity contribution in [3.05, 3.63) is 70.8 Å². The summed E-state index contributed by atoms with van der Waals surface area (Å²) in [5, 5.41) is 55.0. The second kappa shape index (κ2) is 28.9. The Balaban J connectivity index is 2.40. The van der Waals surface area contributed by atoms with E-state index in [1.807, 2.05) is 13.0 Å². The summed E-state index contributed by atoms with van der Waals surface area (Å²) < 4.78 is 0. The molecule has 0 aromatic heterocycles. The van der Waals surface area contributed by atoms with Crippen LogP contribution < -0.4 is 43.0 Å². The zero-order chi connectivity index (χ0) is 53.7. The van der Waals surface area contributed by atoms with Crippen molar-refractivity contribution < 1.29 is 73.2 Å². The Labute approximate surface area is 411 Å². The molecule has 2 aromatic rings. The Morgan fingerprint density at radius 3 is 1.59 bits per heavy atom. The molecular formula is C48H68N8O15. The van der Waals surface area contributed by atoms with Gasteiger partial charge in [0.15, 0.2) is 0 Å². The fourth-order valence-corrected chi connectivity index (χ4v) is 7.10. The largest absolute Gasteiger partial charge is 0.481 e. The van der Waals surface area contributed by atoms with Crippen LogP contribution in [0.2, 0.25) is 0 Å². The van der Waals surface area contributed by atoms with Crippen LogP contribution in [0.3, 0.4) is 0 Å². The lowest BCUT2D eigenvalue weighted by Crippen LogP contribution is -2.61. The van der Waals surface area contributed by atoms with Gasteiger partial charge in [0.2, 0.25) is 41.4 Å². The molecule has 23 heteroatoms. The Morgan fingerprint density at radius 1 is 0.507 bits per heavy atom. The second-order valence-corrected chi connectivity index (χ2v) is 18.1. The Kier molecular flexibility index (Phi) is 24.3. The molecule has 0 aliphatic carbocycles. The van der Waals surface area contributed by atoms with E-state index < -0.39 is 145 Å². The lowest BCUT2D eigenvalue weighted by atomic mass is 9.96. The molecule has 0 fully saturated rings. The van der Waals surface area contributed by atoms with Crippen LogP contribution in [-0.4, -0.2) is 134 Å². The van der Waals surface area contributed by atoms with E-state index in [9.17, 15) is 68.1 Å². The second-order valence-electron chi connectivity index (χ2n) is 18.1. The van der Waals surface area contributed by atoms with Crippen LogP contribution in [0.5, 0.6) is 0 Å². The minimum atomic E-state index is -1.88. The van der Waals surface area contributed by atoms with Gasteiger partial charge in [-0.1, -0.05) is 76.2 Å². The average molecular weight is 997 g/mol. The van der Waals surface area contributed by atoms with Gasteiger partial charge >= 0.3 is 23.9 Å². The molecule has 13 N–H and O–H groups in total. The first-order valence-electron chi connectivity index (χ1n) is 23.1. The monoisotopic (exact) mass is 996 g/mol. The Morgan fingerprint density at radius 2 is 1.03 bits per heavy atom. The van der Waals surface area contributed by atoms with Gasteiger partial charge in [-0.2, -0.15) is 0 Å². The van der Waals surface area contributed by atoms with Crippen LogP contribution in [-0.2, 0) is 65.6 Å². The van der Waals surface area contributed by atoms with Gasteiger partial charge in [-0.25, -0.2) is 4.79 Å². The number of aliphatic carboxylic acids is 4. The van der Waals surface area contributed by atoms with Crippen LogP contribution in [0.25, 0.3) is 0 Å². The summed E-state index contributed by atoms with van der Waals surface area (Å²) in [5.41, 5.74) is 8.58. The van der Waals surface area contributed by atoms with E-state index in [2.05, 4.69) is 37.2 Å². The number of carbonyl (C=O) groups excluding carboxylic acids is 7. The minimum absolute atomic E-state index is 0.0307. The third-order valence-electron chi connectivity index (χ3n) is 11.3.